The number of aryl methyl sites for hydroxylation is 1. The van der Waals surface area contributed by atoms with Gasteiger partial charge in [-0.1, -0.05) is 44.7 Å². The summed E-state index contributed by atoms with van der Waals surface area (Å²) in [6.45, 7) is 3.67. The van der Waals surface area contributed by atoms with Gasteiger partial charge in [0.25, 0.3) is 0 Å². The summed E-state index contributed by atoms with van der Waals surface area (Å²) in [5, 5.41) is 3.10. The monoisotopic (exact) mass is 420 g/mol. The van der Waals surface area contributed by atoms with Crippen LogP contribution in [0.25, 0.3) is 0 Å². The molecule has 1 aliphatic heterocycles. The summed E-state index contributed by atoms with van der Waals surface area (Å²) in [5.41, 5.74) is 1.17. The van der Waals surface area contributed by atoms with Crippen molar-refractivity contribution in [3.63, 3.8) is 0 Å². The smallest absolute Gasteiger partial charge is 0.243 e. The third-order valence-corrected chi connectivity index (χ3v) is 8.30. The molecule has 6 heteroatoms. The van der Waals surface area contributed by atoms with Crippen LogP contribution in [0.5, 0.6) is 0 Å². The molecule has 0 aromatic heterocycles. The van der Waals surface area contributed by atoms with Gasteiger partial charge < -0.3 is 5.32 Å². The number of rotatable bonds is 8. The highest BCUT2D eigenvalue weighted by molar-refractivity contribution is 7.89. The summed E-state index contributed by atoms with van der Waals surface area (Å²) in [5.74, 6) is 0.360. The lowest BCUT2D eigenvalue weighted by Gasteiger charge is -2.32. The van der Waals surface area contributed by atoms with Crippen LogP contribution in [0.15, 0.2) is 29.2 Å². The topological polar surface area (TPSA) is 66.5 Å². The van der Waals surface area contributed by atoms with Crippen molar-refractivity contribution in [3.05, 3.63) is 29.8 Å². The Morgan fingerprint density at radius 3 is 2.48 bits per heavy atom. The zero-order chi connectivity index (χ0) is 20.7. The van der Waals surface area contributed by atoms with E-state index in [4.69, 9.17) is 0 Å². The normalized spacial score (nSPS) is 21.8. The fraction of sp³-hybridized carbons (Fsp3) is 0.696. The molecule has 2 aliphatic rings. The second kappa shape index (κ2) is 10.6. The number of sulfonamides is 1. The van der Waals surface area contributed by atoms with Crippen molar-refractivity contribution in [2.24, 2.45) is 11.8 Å². The zero-order valence-corrected chi connectivity index (χ0v) is 18.6. The molecule has 0 radical (unpaired) electrons. The van der Waals surface area contributed by atoms with E-state index in [2.05, 4.69) is 12.2 Å². The van der Waals surface area contributed by atoms with Crippen molar-refractivity contribution in [1.82, 2.24) is 9.62 Å². The number of piperidine rings is 1. The third-order valence-electron chi connectivity index (χ3n) is 6.42. The Kier molecular flexibility index (Phi) is 8.13. The number of nitrogens with zero attached hydrogens (tertiary/aromatic N) is 1. The number of amides is 1. The van der Waals surface area contributed by atoms with Gasteiger partial charge in [-0.3, -0.25) is 4.79 Å². The van der Waals surface area contributed by atoms with E-state index in [1.54, 1.807) is 12.1 Å². The van der Waals surface area contributed by atoms with Crippen molar-refractivity contribution < 1.29 is 13.2 Å². The summed E-state index contributed by atoms with van der Waals surface area (Å²) < 4.78 is 27.7. The van der Waals surface area contributed by atoms with E-state index in [-0.39, 0.29) is 18.4 Å². The van der Waals surface area contributed by atoms with Gasteiger partial charge in [-0.05, 0) is 62.1 Å². The lowest BCUT2D eigenvalue weighted by atomic mass is 9.89. The fourth-order valence-electron chi connectivity index (χ4n) is 4.51. The molecule has 1 saturated carbocycles. The van der Waals surface area contributed by atoms with E-state index in [0.29, 0.717) is 17.4 Å². The molecule has 0 spiro atoms. The first-order valence-corrected chi connectivity index (χ1v) is 12.8. The minimum atomic E-state index is -3.55. The van der Waals surface area contributed by atoms with Crippen LogP contribution in [-0.2, 0) is 21.2 Å². The standard InChI is InChI=1S/C23H36N2O3S/c1-2-3-8-19-12-14-22(15-13-19)29(27,28)25-16-7-11-21(18-25)23(26)24-17-20-9-5-4-6-10-20/h12-15,20-21H,2-11,16-18H2,1H3,(H,24,26). The molecule has 1 heterocycles. The number of benzene rings is 1. The molecule has 1 aliphatic carbocycles. The molecule has 1 unspecified atom stereocenters. The zero-order valence-electron chi connectivity index (χ0n) is 17.7. The number of hydrogen-bond acceptors (Lipinski definition) is 3. The van der Waals surface area contributed by atoms with Crippen molar-refractivity contribution in [1.29, 1.82) is 0 Å². The maximum Gasteiger partial charge on any atom is 0.243 e. The molecule has 29 heavy (non-hydrogen) atoms. The van der Waals surface area contributed by atoms with Crippen molar-refractivity contribution in [2.75, 3.05) is 19.6 Å². The first-order valence-electron chi connectivity index (χ1n) is 11.4. The van der Waals surface area contributed by atoms with Gasteiger partial charge in [0.05, 0.1) is 10.8 Å². The molecule has 1 saturated heterocycles. The molecule has 162 valence electrons. The highest BCUT2D eigenvalue weighted by Crippen LogP contribution is 2.26. The van der Waals surface area contributed by atoms with Crippen LogP contribution in [0.1, 0.15) is 70.3 Å². The third kappa shape index (κ3) is 6.05. The van der Waals surface area contributed by atoms with E-state index in [1.807, 2.05) is 12.1 Å². The maximum atomic E-state index is 13.1. The Hall–Kier alpha value is -1.40. The van der Waals surface area contributed by atoms with Crippen LogP contribution >= 0.6 is 0 Å². The van der Waals surface area contributed by atoms with Crippen molar-refractivity contribution in [2.45, 2.75) is 76.0 Å². The Morgan fingerprint density at radius 2 is 1.79 bits per heavy atom. The van der Waals surface area contributed by atoms with Gasteiger partial charge in [0.1, 0.15) is 0 Å². The lowest BCUT2D eigenvalue weighted by molar-refractivity contribution is -0.126. The first-order chi connectivity index (χ1) is 14.0. The number of carbonyl (C=O) groups excluding carboxylic acids is 1. The van der Waals surface area contributed by atoms with E-state index < -0.39 is 10.0 Å². The second-order valence-electron chi connectivity index (χ2n) is 8.70. The van der Waals surface area contributed by atoms with Gasteiger partial charge in [0.15, 0.2) is 0 Å². The number of nitrogens with one attached hydrogen (secondary N) is 1. The van der Waals surface area contributed by atoms with Gasteiger partial charge in [-0.2, -0.15) is 4.31 Å². The summed E-state index contributed by atoms with van der Waals surface area (Å²) in [4.78, 5) is 13.0. The maximum absolute atomic E-state index is 13.1. The minimum Gasteiger partial charge on any atom is -0.356 e. The highest BCUT2D eigenvalue weighted by atomic mass is 32.2. The van der Waals surface area contributed by atoms with Crippen LogP contribution in [-0.4, -0.2) is 38.3 Å². The minimum absolute atomic E-state index is 0.0189. The Labute approximate surface area is 176 Å². The molecule has 1 N–H and O–H groups in total. The van der Waals surface area contributed by atoms with Crippen LogP contribution in [0.4, 0.5) is 0 Å². The van der Waals surface area contributed by atoms with E-state index >= 15 is 0 Å². The summed E-state index contributed by atoms with van der Waals surface area (Å²) in [6.07, 6.45) is 10.9. The molecule has 1 aromatic carbocycles. The van der Waals surface area contributed by atoms with E-state index in [9.17, 15) is 13.2 Å². The quantitative estimate of drug-likeness (QED) is 0.688. The predicted octanol–water partition coefficient (Wildman–Crippen LogP) is 4.13. The largest absolute Gasteiger partial charge is 0.356 e. The van der Waals surface area contributed by atoms with Gasteiger partial charge >= 0.3 is 0 Å². The van der Waals surface area contributed by atoms with Crippen LogP contribution in [0.3, 0.4) is 0 Å². The predicted molar refractivity (Wildman–Crippen MR) is 116 cm³/mol. The Morgan fingerprint density at radius 1 is 1.07 bits per heavy atom. The fourth-order valence-corrected chi connectivity index (χ4v) is 6.04. The Bertz CT molecular complexity index is 755. The molecule has 1 atom stereocenters. The molecule has 1 amide bonds. The van der Waals surface area contributed by atoms with Crippen LogP contribution in [0, 0.1) is 11.8 Å². The molecule has 5 nitrogen and oxygen atoms in total. The Balaban J connectivity index is 1.57. The number of unbranched alkanes of at least 4 members (excludes halogenated alkanes) is 1. The summed E-state index contributed by atoms with van der Waals surface area (Å²) >= 11 is 0. The average molecular weight is 421 g/mol. The van der Waals surface area contributed by atoms with Crippen molar-refractivity contribution in [3.8, 4) is 0 Å². The molecular weight excluding hydrogens is 384 g/mol. The molecular formula is C23H36N2O3S. The van der Waals surface area contributed by atoms with Gasteiger partial charge in [-0.25, -0.2) is 8.42 Å². The van der Waals surface area contributed by atoms with E-state index in [1.165, 1.54) is 42.0 Å². The van der Waals surface area contributed by atoms with Crippen LogP contribution in [0.2, 0.25) is 0 Å². The molecule has 2 fully saturated rings. The molecule has 0 bridgehead atoms. The van der Waals surface area contributed by atoms with Gasteiger partial charge in [0, 0.05) is 19.6 Å². The van der Waals surface area contributed by atoms with Gasteiger partial charge in [0.2, 0.25) is 15.9 Å². The van der Waals surface area contributed by atoms with E-state index in [0.717, 1.165) is 38.6 Å². The van der Waals surface area contributed by atoms with Crippen LogP contribution < -0.4 is 5.32 Å². The lowest BCUT2D eigenvalue weighted by Crippen LogP contribution is -2.46. The van der Waals surface area contributed by atoms with Crippen molar-refractivity contribution >= 4 is 15.9 Å². The summed E-state index contributed by atoms with van der Waals surface area (Å²) in [6, 6.07) is 7.27. The van der Waals surface area contributed by atoms with Gasteiger partial charge in [-0.15, -0.1) is 0 Å². The SMILES string of the molecule is CCCCc1ccc(S(=O)(=O)N2CCCC(C(=O)NCC3CCCCC3)C2)cc1. The second-order valence-corrected chi connectivity index (χ2v) is 10.6. The molecule has 3 rings (SSSR count). The summed E-state index contributed by atoms with van der Waals surface area (Å²) in [7, 11) is -3.55. The first kappa shape index (κ1) is 22.3. The number of carbonyl (C=O) groups is 1. The average Bonchev–Trinajstić information content (AvgIpc) is 2.77. The number of hydrogen-bond donors (Lipinski definition) is 1. The molecule has 1 aromatic rings. The highest BCUT2D eigenvalue weighted by Gasteiger charge is 2.33.